The van der Waals surface area contributed by atoms with Crippen LogP contribution in [0.1, 0.15) is 240 Å². The van der Waals surface area contributed by atoms with Gasteiger partial charge in [0.1, 0.15) is 0 Å². The number of fused-ring (bicyclic) bond motifs is 9. The number of piperidine rings is 7. The van der Waals surface area contributed by atoms with Crippen molar-refractivity contribution in [2.24, 2.45) is 76.4 Å². The van der Waals surface area contributed by atoms with E-state index in [1.165, 1.54) is 233 Å². The summed E-state index contributed by atoms with van der Waals surface area (Å²) in [6.45, 7) is 66.9. The Bertz CT molecular complexity index is 2310. The summed E-state index contributed by atoms with van der Waals surface area (Å²) < 4.78 is 0. The average molecular weight is 1400 g/mol. The van der Waals surface area contributed by atoms with Crippen LogP contribution in [0.15, 0.2) is 0 Å². The quantitative estimate of drug-likeness (QED) is 0.117. The highest BCUT2D eigenvalue weighted by Gasteiger charge is 2.58. The van der Waals surface area contributed by atoms with Crippen LogP contribution in [0.5, 0.6) is 0 Å². The molecule has 18 unspecified atom stereocenters. The topological polar surface area (TPSA) is 155 Å². The van der Waals surface area contributed by atoms with E-state index in [0.29, 0.717) is 18.1 Å². The molecule has 13 heterocycles. The Morgan fingerprint density at radius 1 is 0.310 bits per heavy atom. The first-order valence-corrected chi connectivity index (χ1v) is 43.6. The van der Waals surface area contributed by atoms with Crippen molar-refractivity contribution in [3.63, 3.8) is 0 Å². The van der Waals surface area contributed by atoms with Gasteiger partial charge in [0.15, 0.2) is 0 Å². The van der Waals surface area contributed by atoms with E-state index in [-0.39, 0.29) is 11.1 Å². The van der Waals surface area contributed by atoms with Crippen molar-refractivity contribution in [1.82, 2.24) is 65.4 Å². The third kappa shape index (κ3) is 21.4. The van der Waals surface area contributed by atoms with Gasteiger partial charge in [0.25, 0.3) is 0 Å². The van der Waals surface area contributed by atoms with Crippen LogP contribution >= 0.6 is 0 Å². The summed E-state index contributed by atoms with van der Waals surface area (Å²) in [4.78, 5) is 23.3. The van der Waals surface area contributed by atoms with Gasteiger partial charge in [-0.3, -0.25) is 29.4 Å². The summed E-state index contributed by atoms with van der Waals surface area (Å²) in [5.74, 6) is 9.61. The smallest absolute Gasteiger partial charge is 0.0328 e. The Kier molecular flexibility index (Phi) is 30.4. The summed E-state index contributed by atoms with van der Waals surface area (Å²) in [6.07, 6.45) is 25.5. The fourth-order valence-corrected chi connectivity index (χ4v) is 21.6. The van der Waals surface area contributed by atoms with Crippen LogP contribution in [0.25, 0.3) is 0 Å². The normalized spacial score (nSPS) is 40.2. The molecule has 13 saturated heterocycles. The molecule has 582 valence electrons. The Balaban J connectivity index is 0.000000122. The van der Waals surface area contributed by atoms with Crippen molar-refractivity contribution in [2.45, 2.75) is 348 Å². The number of nitrogens with two attached hydrogens (primary N) is 3. The van der Waals surface area contributed by atoms with Gasteiger partial charge in [0, 0.05) is 199 Å². The lowest BCUT2D eigenvalue weighted by Gasteiger charge is -2.46. The second-order valence-electron chi connectivity index (χ2n) is 39.0. The van der Waals surface area contributed by atoms with E-state index in [4.69, 9.17) is 17.2 Å². The molecule has 0 aromatic rings. The molecule has 0 aromatic heterocycles. The van der Waals surface area contributed by atoms with Gasteiger partial charge in [-0.15, -0.1) is 0 Å². The van der Waals surface area contributed by atoms with Crippen molar-refractivity contribution >= 4 is 0 Å². The Morgan fingerprint density at radius 2 is 0.750 bits per heavy atom. The maximum Gasteiger partial charge on any atom is 0.0328 e. The van der Waals surface area contributed by atoms with Gasteiger partial charge in [-0.05, 0) is 326 Å². The van der Waals surface area contributed by atoms with E-state index < -0.39 is 0 Å². The van der Waals surface area contributed by atoms with Crippen LogP contribution in [0.3, 0.4) is 0 Å². The van der Waals surface area contributed by atoms with Gasteiger partial charge in [0.05, 0.1) is 0 Å². The van der Waals surface area contributed by atoms with E-state index in [1.54, 1.807) is 0 Å². The van der Waals surface area contributed by atoms with E-state index in [9.17, 15) is 0 Å². The van der Waals surface area contributed by atoms with E-state index in [2.05, 4.69) is 190 Å². The molecule has 0 aromatic carbocycles. The molecule has 18 fully saturated rings. The van der Waals surface area contributed by atoms with Crippen molar-refractivity contribution in [3.05, 3.63) is 0 Å². The van der Waals surface area contributed by atoms with Crippen LogP contribution < -0.4 is 38.5 Å². The predicted molar refractivity (Wildman–Crippen MR) is 425 cm³/mol. The second-order valence-corrected chi connectivity index (χ2v) is 39.0. The molecular formula is C84H166N16. The molecular weight excluding hydrogens is 1230 g/mol. The number of hydrogen-bond donors (Lipinski definition) is 7. The highest BCUT2D eigenvalue weighted by molar-refractivity contribution is 5.16. The van der Waals surface area contributed by atoms with Crippen LogP contribution in [-0.4, -0.2) is 283 Å². The van der Waals surface area contributed by atoms with Crippen molar-refractivity contribution in [1.29, 1.82) is 0 Å². The van der Waals surface area contributed by atoms with Crippen LogP contribution in [0, 0.1) is 59.2 Å². The number of nitrogens with zero attached hydrogens (tertiary/aromatic N) is 9. The first-order chi connectivity index (χ1) is 47.6. The molecule has 16 heteroatoms. The maximum atomic E-state index is 6.19. The number of hydrogen-bond acceptors (Lipinski definition) is 16. The first kappa shape index (κ1) is 81.9. The average Bonchev–Trinajstić information content (AvgIpc) is 1.57. The van der Waals surface area contributed by atoms with Crippen molar-refractivity contribution < 1.29 is 0 Å². The largest absolute Gasteiger partial charge is 0.327 e. The van der Waals surface area contributed by atoms with Crippen LogP contribution in [0.2, 0.25) is 0 Å². The summed E-state index contributed by atoms with van der Waals surface area (Å²) in [7, 11) is 0. The minimum atomic E-state index is 0.213. The zero-order chi connectivity index (χ0) is 71.9. The van der Waals surface area contributed by atoms with E-state index in [0.717, 1.165) is 151 Å². The molecule has 18 rings (SSSR count). The highest BCUT2D eigenvalue weighted by Crippen LogP contribution is 2.48. The molecule has 0 amide bonds. The van der Waals surface area contributed by atoms with E-state index >= 15 is 0 Å². The SMILES string of the molecule is CC(C)N1CC2C(N)C2C1.CC(C)N1CC2CC2(N)C1.CC(C)N1CC2CCC2(N)C1.CC(C)N1CC2CCNC2C1.CC(C)N1CC2CNC2C1.CC(C)N1CCC2CCC2C1.CC(C)N1CCC2CCCC2C1.CC(C)N1CCCC2NCCC21.CC(C)N1CCCC2NCCCC21. The minimum Gasteiger partial charge on any atom is -0.327 e. The number of nitrogens with one attached hydrogen (secondary N) is 4. The fraction of sp³-hybridized carbons (Fsp3) is 1.00. The van der Waals surface area contributed by atoms with Gasteiger partial charge >= 0.3 is 0 Å². The second kappa shape index (κ2) is 37.2. The lowest BCUT2D eigenvalue weighted by atomic mass is 9.69. The van der Waals surface area contributed by atoms with Gasteiger partial charge < -0.3 is 53.2 Å². The molecule has 18 atom stereocenters. The monoisotopic (exact) mass is 1400 g/mol. The van der Waals surface area contributed by atoms with Gasteiger partial charge in [-0.2, -0.15) is 0 Å². The van der Waals surface area contributed by atoms with E-state index in [1.807, 2.05) is 0 Å². The molecule has 5 aliphatic carbocycles. The third-order valence-corrected chi connectivity index (χ3v) is 29.7. The Morgan fingerprint density at radius 3 is 1.19 bits per heavy atom. The lowest BCUT2D eigenvalue weighted by Crippen LogP contribution is -2.58. The summed E-state index contributed by atoms with van der Waals surface area (Å²) in [5, 5.41) is 14.3. The molecule has 0 bridgehead atoms. The lowest BCUT2D eigenvalue weighted by molar-refractivity contribution is 0.0306. The van der Waals surface area contributed by atoms with Crippen molar-refractivity contribution in [2.75, 3.05) is 131 Å². The molecule has 18 aliphatic rings. The molecule has 0 spiro atoms. The summed E-state index contributed by atoms with van der Waals surface area (Å²) in [6, 6.07) is 12.1. The molecule has 100 heavy (non-hydrogen) atoms. The molecule has 5 saturated carbocycles. The van der Waals surface area contributed by atoms with Gasteiger partial charge in [-0.1, -0.05) is 12.8 Å². The molecule has 13 aliphatic heterocycles. The van der Waals surface area contributed by atoms with Gasteiger partial charge in [-0.25, -0.2) is 0 Å². The zero-order valence-corrected chi connectivity index (χ0v) is 68.6. The number of rotatable bonds is 9. The summed E-state index contributed by atoms with van der Waals surface area (Å²) >= 11 is 0. The first-order valence-electron chi connectivity index (χ1n) is 43.6. The predicted octanol–water partition coefficient (Wildman–Crippen LogP) is 9.99. The fourth-order valence-electron chi connectivity index (χ4n) is 21.6. The molecule has 0 radical (unpaired) electrons. The summed E-state index contributed by atoms with van der Waals surface area (Å²) in [5.41, 5.74) is 18.5. The standard InChI is InChI=1S/C11H22N2.C11H21N.C10H20N2.C10H19N.2C9H18N2.3C8H16N2/c1-9(2)13-8-4-5-10-11(13)6-3-7-12-10;1-9(2)12-7-6-10-4-3-5-11(10)8-12;1-8(2)12-7-3-4-9-10(12)5-6-11-9;1-8(2)11-6-5-9-3-4-10(9)7-11;1-7(2)11-5-8-3-4-10-9(8)6-11;1-7(2)11-5-8-3-4-9(8,10)6-11;1-6(2)10-4-7-3-9-8(7)5-10;1-6(2)10-4-7-3-8(7,9)5-10;1-5(2)10-3-6-7(4-10)8(6)9/h9-12H,3-8H2,1-2H3;9-11H,3-8H2,1-2H3;8-11H,3-7H2,1-2H3;8-10H,3-7H2,1-2H3;7-10H,3-6H2,1-2H3;7-8H,3-6,10H2,1-2H3;6-9H,3-5H2,1-2H3;6-7H,3-5,9H2,1-2H3;5-8H,3-4,9H2,1-2H3. The zero-order valence-electron chi connectivity index (χ0n) is 68.6. The van der Waals surface area contributed by atoms with Gasteiger partial charge in [0.2, 0.25) is 0 Å². The minimum absolute atomic E-state index is 0.213. The highest BCUT2D eigenvalue weighted by atomic mass is 15.3. The van der Waals surface area contributed by atoms with Crippen LogP contribution in [-0.2, 0) is 0 Å². The molecule has 16 nitrogen and oxygen atoms in total. The maximum absolute atomic E-state index is 6.19. The number of likely N-dealkylation sites (tertiary alicyclic amines) is 9. The molecule has 10 N–H and O–H groups in total. The Labute approximate surface area is 617 Å². The Hall–Kier alpha value is -0.640. The third-order valence-electron chi connectivity index (χ3n) is 29.7. The van der Waals surface area contributed by atoms with Crippen LogP contribution in [0.4, 0.5) is 0 Å². The van der Waals surface area contributed by atoms with Crippen molar-refractivity contribution in [3.8, 4) is 0 Å².